The van der Waals surface area contributed by atoms with Crippen LogP contribution in [0.5, 0.6) is 0 Å². The molecule has 2 amide bonds. The van der Waals surface area contributed by atoms with E-state index in [-0.39, 0.29) is 6.54 Å². The highest BCUT2D eigenvalue weighted by atomic mass is 16.4. The molecule has 0 radical (unpaired) electrons. The highest BCUT2D eigenvalue weighted by Gasteiger charge is 2.17. The van der Waals surface area contributed by atoms with Gasteiger partial charge in [0, 0.05) is 12.2 Å². The van der Waals surface area contributed by atoms with Crippen LogP contribution >= 0.6 is 0 Å². The normalized spacial score (nSPS) is 11.8. The molecule has 1 unspecified atom stereocenters. The van der Waals surface area contributed by atoms with Gasteiger partial charge < -0.3 is 15.7 Å². The third kappa shape index (κ3) is 4.87. The molecule has 1 aromatic heterocycles. The standard InChI is InChI=1S/C14H21N3O3/c1-4-5-11(13(18)19)8-15-14(20)17-12-7-6-9(2)16-10(12)3/h6-7,11H,4-5,8H2,1-3H3,(H,18,19)(H2,15,17,20). The maximum absolute atomic E-state index is 11.7. The topological polar surface area (TPSA) is 91.3 Å². The van der Waals surface area contributed by atoms with E-state index < -0.39 is 17.9 Å². The molecule has 20 heavy (non-hydrogen) atoms. The molecular formula is C14H21N3O3. The Kier molecular flexibility index (Phi) is 5.96. The first-order valence-electron chi connectivity index (χ1n) is 6.66. The summed E-state index contributed by atoms with van der Waals surface area (Å²) in [6.45, 7) is 5.71. The maximum Gasteiger partial charge on any atom is 0.319 e. The van der Waals surface area contributed by atoms with Gasteiger partial charge in [-0.15, -0.1) is 0 Å². The fraction of sp³-hybridized carbons (Fsp3) is 0.500. The van der Waals surface area contributed by atoms with Crippen molar-refractivity contribution in [2.75, 3.05) is 11.9 Å². The smallest absolute Gasteiger partial charge is 0.319 e. The number of nitrogens with zero attached hydrogens (tertiary/aromatic N) is 1. The van der Waals surface area contributed by atoms with E-state index in [0.29, 0.717) is 12.1 Å². The Labute approximate surface area is 118 Å². The van der Waals surface area contributed by atoms with Crippen molar-refractivity contribution < 1.29 is 14.7 Å². The first-order chi connectivity index (χ1) is 9.43. The second-order valence-electron chi connectivity index (χ2n) is 4.74. The van der Waals surface area contributed by atoms with Gasteiger partial charge in [0.05, 0.1) is 17.3 Å². The number of amides is 2. The molecule has 1 heterocycles. The number of pyridine rings is 1. The monoisotopic (exact) mass is 279 g/mol. The second kappa shape index (κ2) is 7.47. The number of hydrogen-bond acceptors (Lipinski definition) is 3. The number of anilines is 1. The predicted molar refractivity (Wildman–Crippen MR) is 76.8 cm³/mol. The van der Waals surface area contributed by atoms with Gasteiger partial charge >= 0.3 is 12.0 Å². The number of aryl methyl sites for hydroxylation is 2. The minimum Gasteiger partial charge on any atom is -0.481 e. The van der Waals surface area contributed by atoms with Gasteiger partial charge in [-0.25, -0.2) is 4.79 Å². The van der Waals surface area contributed by atoms with Gasteiger partial charge in [-0.1, -0.05) is 13.3 Å². The number of rotatable bonds is 6. The average molecular weight is 279 g/mol. The van der Waals surface area contributed by atoms with Crippen LogP contribution in [0.4, 0.5) is 10.5 Å². The summed E-state index contributed by atoms with van der Waals surface area (Å²) in [6.07, 6.45) is 1.31. The molecule has 1 rings (SSSR count). The second-order valence-corrected chi connectivity index (χ2v) is 4.74. The molecule has 1 aromatic rings. The fourth-order valence-electron chi connectivity index (χ4n) is 1.86. The van der Waals surface area contributed by atoms with Crippen LogP contribution < -0.4 is 10.6 Å². The average Bonchev–Trinajstić information content (AvgIpc) is 2.37. The quantitative estimate of drug-likeness (QED) is 0.745. The Morgan fingerprint density at radius 3 is 2.60 bits per heavy atom. The Morgan fingerprint density at radius 2 is 2.05 bits per heavy atom. The number of nitrogens with one attached hydrogen (secondary N) is 2. The summed E-state index contributed by atoms with van der Waals surface area (Å²) in [4.78, 5) is 27.0. The summed E-state index contributed by atoms with van der Waals surface area (Å²) in [7, 11) is 0. The number of carbonyl (C=O) groups is 2. The van der Waals surface area contributed by atoms with Gasteiger partial charge in [0.2, 0.25) is 0 Å². The van der Waals surface area contributed by atoms with E-state index in [1.54, 1.807) is 19.1 Å². The molecule has 0 aromatic carbocycles. The lowest BCUT2D eigenvalue weighted by Crippen LogP contribution is -2.35. The summed E-state index contributed by atoms with van der Waals surface area (Å²) < 4.78 is 0. The maximum atomic E-state index is 11.7. The molecule has 0 aliphatic heterocycles. The van der Waals surface area contributed by atoms with E-state index in [1.165, 1.54) is 0 Å². The molecule has 0 bridgehead atoms. The number of carboxylic acids is 1. The van der Waals surface area contributed by atoms with Crippen LogP contribution in [0.3, 0.4) is 0 Å². The lowest BCUT2D eigenvalue weighted by atomic mass is 10.0. The van der Waals surface area contributed by atoms with Crippen LogP contribution in [0.15, 0.2) is 12.1 Å². The molecule has 0 aliphatic rings. The van der Waals surface area contributed by atoms with Crippen molar-refractivity contribution >= 4 is 17.7 Å². The zero-order chi connectivity index (χ0) is 15.1. The van der Waals surface area contributed by atoms with Crippen LogP contribution in [0, 0.1) is 19.8 Å². The molecular weight excluding hydrogens is 258 g/mol. The number of aromatic nitrogens is 1. The van der Waals surface area contributed by atoms with Crippen molar-refractivity contribution in [3.63, 3.8) is 0 Å². The first-order valence-corrected chi connectivity index (χ1v) is 6.66. The number of urea groups is 1. The predicted octanol–water partition coefficient (Wildman–Crippen LogP) is 2.32. The molecule has 0 saturated carbocycles. The molecule has 0 spiro atoms. The Bertz CT molecular complexity index is 489. The molecule has 3 N–H and O–H groups in total. The van der Waals surface area contributed by atoms with Crippen LogP contribution in [0.1, 0.15) is 31.2 Å². The highest BCUT2D eigenvalue weighted by Crippen LogP contribution is 2.12. The van der Waals surface area contributed by atoms with E-state index in [2.05, 4.69) is 15.6 Å². The Hall–Kier alpha value is -2.11. The third-order valence-electron chi connectivity index (χ3n) is 2.97. The molecule has 110 valence electrons. The molecule has 0 fully saturated rings. The van der Waals surface area contributed by atoms with E-state index in [1.807, 2.05) is 13.8 Å². The number of carbonyl (C=O) groups excluding carboxylic acids is 1. The summed E-state index contributed by atoms with van der Waals surface area (Å²) in [5, 5.41) is 14.2. The Balaban J connectivity index is 2.53. The number of carboxylic acid groups (broad SMARTS) is 1. The van der Waals surface area contributed by atoms with E-state index in [9.17, 15) is 9.59 Å². The van der Waals surface area contributed by atoms with Gasteiger partial charge in [0.25, 0.3) is 0 Å². The van der Waals surface area contributed by atoms with E-state index in [0.717, 1.165) is 17.8 Å². The lowest BCUT2D eigenvalue weighted by Gasteiger charge is -2.13. The summed E-state index contributed by atoms with van der Waals surface area (Å²) in [5.41, 5.74) is 2.22. The van der Waals surface area contributed by atoms with Gasteiger partial charge in [0.1, 0.15) is 0 Å². The van der Waals surface area contributed by atoms with Crippen LogP contribution in [0.25, 0.3) is 0 Å². The van der Waals surface area contributed by atoms with Gasteiger partial charge in [-0.2, -0.15) is 0 Å². The van der Waals surface area contributed by atoms with Crippen LogP contribution in [0.2, 0.25) is 0 Å². The summed E-state index contributed by atoms with van der Waals surface area (Å²) in [6, 6.07) is 3.17. The Morgan fingerprint density at radius 1 is 1.35 bits per heavy atom. The molecule has 6 heteroatoms. The number of hydrogen-bond donors (Lipinski definition) is 3. The van der Waals surface area contributed by atoms with E-state index in [4.69, 9.17) is 5.11 Å². The fourth-order valence-corrected chi connectivity index (χ4v) is 1.86. The zero-order valence-corrected chi connectivity index (χ0v) is 12.1. The van der Waals surface area contributed by atoms with Crippen molar-refractivity contribution in [3.05, 3.63) is 23.5 Å². The molecule has 6 nitrogen and oxygen atoms in total. The number of aliphatic carboxylic acids is 1. The van der Waals surface area contributed by atoms with Crippen LogP contribution in [-0.2, 0) is 4.79 Å². The minimum absolute atomic E-state index is 0.118. The zero-order valence-electron chi connectivity index (χ0n) is 12.1. The van der Waals surface area contributed by atoms with Crippen molar-refractivity contribution in [3.8, 4) is 0 Å². The molecule has 0 aliphatic carbocycles. The van der Waals surface area contributed by atoms with Gasteiger partial charge in [-0.05, 0) is 32.4 Å². The highest BCUT2D eigenvalue weighted by molar-refractivity contribution is 5.90. The summed E-state index contributed by atoms with van der Waals surface area (Å²) in [5.74, 6) is -1.44. The molecule has 1 atom stereocenters. The minimum atomic E-state index is -0.889. The van der Waals surface area contributed by atoms with Crippen LogP contribution in [-0.4, -0.2) is 28.6 Å². The third-order valence-corrected chi connectivity index (χ3v) is 2.97. The summed E-state index contributed by atoms with van der Waals surface area (Å²) >= 11 is 0. The first kappa shape index (κ1) is 15.9. The van der Waals surface area contributed by atoms with Crippen molar-refractivity contribution in [1.82, 2.24) is 10.3 Å². The van der Waals surface area contributed by atoms with Crippen molar-refractivity contribution in [2.45, 2.75) is 33.6 Å². The SMILES string of the molecule is CCCC(CNC(=O)Nc1ccc(C)nc1C)C(=O)O. The molecule has 0 saturated heterocycles. The van der Waals surface area contributed by atoms with E-state index >= 15 is 0 Å². The van der Waals surface area contributed by atoms with Gasteiger partial charge in [-0.3, -0.25) is 9.78 Å². The van der Waals surface area contributed by atoms with Crippen molar-refractivity contribution in [1.29, 1.82) is 0 Å². The van der Waals surface area contributed by atoms with Crippen molar-refractivity contribution in [2.24, 2.45) is 5.92 Å². The lowest BCUT2D eigenvalue weighted by molar-refractivity contribution is -0.141. The largest absolute Gasteiger partial charge is 0.481 e. The van der Waals surface area contributed by atoms with Gasteiger partial charge in [0.15, 0.2) is 0 Å².